The number of nitrogens with one attached hydrogen (secondary N) is 3. The molecule has 0 saturated carbocycles. The predicted octanol–water partition coefficient (Wildman–Crippen LogP) is 4.93. The largest absolute Gasteiger partial charge is 0.353 e. The molecule has 0 aliphatic carbocycles. The summed E-state index contributed by atoms with van der Waals surface area (Å²) in [6.45, 7) is 1.76. The number of halogens is 1. The number of allylic oxidation sites excluding steroid dienone is 2. The van der Waals surface area contributed by atoms with Gasteiger partial charge in [-0.05, 0) is 55.0 Å². The zero-order valence-corrected chi connectivity index (χ0v) is 20.1. The minimum Gasteiger partial charge on any atom is -0.353 e. The van der Waals surface area contributed by atoms with E-state index in [0.717, 1.165) is 11.8 Å². The summed E-state index contributed by atoms with van der Waals surface area (Å²) in [5.74, 6) is -1.72. The molecule has 0 fully saturated rings. The van der Waals surface area contributed by atoms with Crippen molar-refractivity contribution in [1.82, 2.24) is 10.3 Å². The number of amides is 2. The van der Waals surface area contributed by atoms with Gasteiger partial charge in [0.05, 0.1) is 28.3 Å². The highest BCUT2D eigenvalue weighted by molar-refractivity contribution is 8.03. The number of benzene rings is 2. The SMILES string of the molecule is CC1=C(C(=O)Nc2ccccc2)C(c2cccnc2)C(C#N)=C(SCC(=O)Nc2ccc(F)cc2)N1. The lowest BCUT2D eigenvalue weighted by molar-refractivity contribution is -0.114. The topological polar surface area (TPSA) is 107 Å². The molecular formula is C27H22FN5O2S. The van der Waals surface area contributed by atoms with Crippen LogP contribution in [0.1, 0.15) is 18.4 Å². The van der Waals surface area contributed by atoms with E-state index in [4.69, 9.17) is 0 Å². The summed E-state index contributed by atoms with van der Waals surface area (Å²) in [6, 6.07) is 20.3. The highest BCUT2D eigenvalue weighted by Gasteiger charge is 2.35. The van der Waals surface area contributed by atoms with E-state index in [1.54, 1.807) is 37.5 Å². The second-order valence-electron chi connectivity index (χ2n) is 7.90. The first-order chi connectivity index (χ1) is 17.5. The maximum absolute atomic E-state index is 13.4. The number of hydrogen-bond acceptors (Lipinski definition) is 6. The van der Waals surface area contributed by atoms with Crippen LogP contribution in [0.15, 0.2) is 101 Å². The number of carbonyl (C=O) groups excluding carboxylic acids is 2. The number of dihydropyridines is 1. The molecule has 1 unspecified atom stereocenters. The molecule has 1 aliphatic rings. The molecule has 3 N–H and O–H groups in total. The second kappa shape index (κ2) is 11.3. The standard InChI is InChI=1S/C27H22FN5O2S/c1-17-24(26(35)33-20-7-3-2-4-8-20)25(18-6-5-13-30-15-18)22(14-29)27(31-17)36-16-23(34)32-21-11-9-19(28)10-12-21/h2-13,15,25,31H,16H2,1H3,(H,32,34)(H,33,35). The Morgan fingerprint density at radius 3 is 2.44 bits per heavy atom. The average Bonchev–Trinajstić information content (AvgIpc) is 2.89. The number of nitrogens with zero attached hydrogens (tertiary/aromatic N) is 2. The minimum atomic E-state index is -0.670. The molecule has 1 atom stereocenters. The number of rotatable bonds is 7. The third kappa shape index (κ3) is 5.79. The molecule has 0 radical (unpaired) electrons. The van der Waals surface area contributed by atoms with Crippen molar-refractivity contribution in [2.45, 2.75) is 12.8 Å². The zero-order chi connectivity index (χ0) is 25.5. The Kier molecular flexibility index (Phi) is 7.78. The molecule has 2 heterocycles. The summed E-state index contributed by atoms with van der Waals surface area (Å²) >= 11 is 1.15. The van der Waals surface area contributed by atoms with Crippen LogP contribution in [0.25, 0.3) is 0 Å². The molecule has 2 amide bonds. The number of aromatic nitrogens is 1. The lowest BCUT2D eigenvalue weighted by Gasteiger charge is -2.29. The van der Waals surface area contributed by atoms with E-state index < -0.39 is 11.7 Å². The molecule has 0 saturated heterocycles. The lowest BCUT2D eigenvalue weighted by Crippen LogP contribution is -2.31. The molecule has 0 spiro atoms. The summed E-state index contributed by atoms with van der Waals surface area (Å²) in [5, 5.41) is 19.4. The number of nitriles is 1. The Hall–Kier alpha value is -4.42. The van der Waals surface area contributed by atoms with Crippen molar-refractivity contribution in [3.05, 3.63) is 112 Å². The van der Waals surface area contributed by atoms with Crippen molar-refractivity contribution in [3.8, 4) is 6.07 Å². The lowest BCUT2D eigenvalue weighted by atomic mass is 9.83. The van der Waals surface area contributed by atoms with E-state index in [-0.39, 0.29) is 17.6 Å². The van der Waals surface area contributed by atoms with Crippen molar-refractivity contribution in [2.75, 3.05) is 16.4 Å². The number of hydrogen-bond donors (Lipinski definition) is 3. The van der Waals surface area contributed by atoms with E-state index in [9.17, 15) is 19.2 Å². The normalized spacial score (nSPS) is 15.1. The van der Waals surface area contributed by atoms with Crippen LogP contribution in [0.3, 0.4) is 0 Å². The van der Waals surface area contributed by atoms with Crippen molar-refractivity contribution < 1.29 is 14.0 Å². The zero-order valence-electron chi connectivity index (χ0n) is 19.3. The van der Waals surface area contributed by atoms with Gasteiger partial charge < -0.3 is 16.0 Å². The van der Waals surface area contributed by atoms with Crippen LogP contribution in [-0.2, 0) is 9.59 Å². The van der Waals surface area contributed by atoms with Gasteiger partial charge in [-0.1, -0.05) is 36.0 Å². The van der Waals surface area contributed by atoms with Crippen LogP contribution in [-0.4, -0.2) is 22.6 Å². The highest BCUT2D eigenvalue weighted by atomic mass is 32.2. The Labute approximate surface area is 212 Å². The highest BCUT2D eigenvalue weighted by Crippen LogP contribution is 2.40. The Bertz CT molecular complexity index is 1370. The molecule has 0 bridgehead atoms. The third-order valence-corrected chi connectivity index (χ3v) is 6.43. The molecular weight excluding hydrogens is 477 g/mol. The number of thioether (sulfide) groups is 1. The van der Waals surface area contributed by atoms with Gasteiger partial charge in [0, 0.05) is 35.0 Å². The van der Waals surface area contributed by atoms with Gasteiger partial charge in [0.1, 0.15) is 5.82 Å². The van der Waals surface area contributed by atoms with Crippen LogP contribution >= 0.6 is 11.8 Å². The van der Waals surface area contributed by atoms with Crippen molar-refractivity contribution in [2.24, 2.45) is 0 Å². The Morgan fingerprint density at radius 2 is 1.78 bits per heavy atom. The van der Waals surface area contributed by atoms with E-state index in [2.05, 4.69) is 27.0 Å². The fourth-order valence-electron chi connectivity index (χ4n) is 3.80. The number of carbonyl (C=O) groups is 2. The van der Waals surface area contributed by atoms with Crippen LogP contribution < -0.4 is 16.0 Å². The molecule has 9 heteroatoms. The van der Waals surface area contributed by atoms with Crippen LogP contribution in [0.5, 0.6) is 0 Å². The molecule has 3 aromatic rings. The van der Waals surface area contributed by atoms with Crippen LogP contribution in [0.2, 0.25) is 0 Å². The van der Waals surface area contributed by atoms with Gasteiger partial charge in [0.15, 0.2) is 0 Å². The average molecular weight is 500 g/mol. The van der Waals surface area contributed by atoms with E-state index in [0.29, 0.717) is 38.8 Å². The fraction of sp³-hybridized carbons (Fsp3) is 0.111. The maximum Gasteiger partial charge on any atom is 0.254 e. The van der Waals surface area contributed by atoms with Gasteiger partial charge in [-0.3, -0.25) is 14.6 Å². The van der Waals surface area contributed by atoms with Gasteiger partial charge in [-0.15, -0.1) is 0 Å². The van der Waals surface area contributed by atoms with Gasteiger partial charge in [-0.25, -0.2) is 4.39 Å². The summed E-state index contributed by atoms with van der Waals surface area (Å²) in [5.41, 5.74) is 3.06. The third-order valence-electron chi connectivity index (χ3n) is 5.42. The summed E-state index contributed by atoms with van der Waals surface area (Å²) in [7, 11) is 0. The van der Waals surface area contributed by atoms with Gasteiger partial charge in [0.2, 0.25) is 5.91 Å². The Balaban J connectivity index is 1.60. The smallest absolute Gasteiger partial charge is 0.254 e. The van der Waals surface area contributed by atoms with E-state index >= 15 is 0 Å². The molecule has 1 aliphatic heterocycles. The fourth-order valence-corrected chi connectivity index (χ4v) is 4.69. The van der Waals surface area contributed by atoms with Crippen molar-refractivity contribution in [3.63, 3.8) is 0 Å². The summed E-state index contributed by atoms with van der Waals surface area (Å²) in [6.07, 6.45) is 3.25. The van der Waals surface area contributed by atoms with Crippen LogP contribution in [0.4, 0.5) is 15.8 Å². The van der Waals surface area contributed by atoms with Gasteiger partial charge in [0.25, 0.3) is 5.91 Å². The molecule has 4 rings (SSSR count). The minimum absolute atomic E-state index is 0.00345. The van der Waals surface area contributed by atoms with Gasteiger partial charge in [-0.2, -0.15) is 5.26 Å². The number of anilines is 2. The first-order valence-electron chi connectivity index (χ1n) is 11.0. The quantitative estimate of drug-likeness (QED) is 0.426. The first-order valence-corrected chi connectivity index (χ1v) is 12.0. The van der Waals surface area contributed by atoms with Crippen molar-refractivity contribution in [1.29, 1.82) is 5.26 Å². The maximum atomic E-state index is 13.4. The van der Waals surface area contributed by atoms with Crippen molar-refractivity contribution >= 4 is 35.0 Å². The monoisotopic (exact) mass is 499 g/mol. The Morgan fingerprint density at radius 1 is 1.06 bits per heavy atom. The molecule has 7 nitrogen and oxygen atoms in total. The molecule has 180 valence electrons. The van der Waals surface area contributed by atoms with Crippen LogP contribution in [0, 0.1) is 17.1 Å². The number of para-hydroxylation sites is 1. The summed E-state index contributed by atoms with van der Waals surface area (Å²) < 4.78 is 13.1. The summed E-state index contributed by atoms with van der Waals surface area (Å²) in [4.78, 5) is 30.0. The molecule has 36 heavy (non-hydrogen) atoms. The number of pyridine rings is 1. The van der Waals surface area contributed by atoms with E-state index in [1.165, 1.54) is 24.3 Å². The molecule has 2 aromatic carbocycles. The predicted molar refractivity (Wildman–Crippen MR) is 138 cm³/mol. The molecule has 1 aromatic heterocycles. The second-order valence-corrected chi connectivity index (χ2v) is 8.89. The van der Waals surface area contributed by atoms with Gasteiger partial charge >= 0.3 is 0 Å². The first kappa shape index (κ1) is 24.7. The van der Waals surface area contributed by atoms with E-state index in [1.807, 2.05) is 24.3 Å².